The van der Waals surface area contributed by atoms with Crippen molar-refractivity contribution >= 4 is 16.5 Å². The summed E-state index contributed by atoms with van der Waals surface area (Å²) in [6, 6.07) is 9.68. The number of benzene rings is 1. The molecule has 1 heterocycles. The molecule has 0 bridgehead atoms. The molecule has 18 heavy (non-hydrogen) atoms. The number of nitrogens with one attached hydrogen (secondary N) is 1. The third-order valence-electron chi connectivity index (χ3n) is 2.79. The highest BCUT2D eigenvalue weighted by atomic mass is 32.1. The highest BCUT2D eigenvalue weighted by Gasteiger charge is 2.12. The Balaban J connectivity index is 1.88. The van der Waals surface area contributed by atoms with Crippen molar-refractivity contribution in [1.82, 2.24) is 10.3 Å². The van der Waals surface area contributed by atoms with Crippen molar-refractivity contribution in [2.45, 2.75) is 19.1 Å². The molecule has 1 aromatic carbocycles. The first-order valence-corrected chi connectivity index (χ1v) is 6.72. The second-order valence-corrected chi connectivity index (χ2v) is 5.06. The smallest absolute Gasteiger partial charge is 0.180 e. The molecule has 0 aliphatic carbocycles. The van der Waals surface area contributed by atoms with E-state index in [0.29, 0.717) is 11.7 Å². The van der Waals surface area contributed by atoms with Gasteiger partial charge in [0.1, 0.15) is 0 Å². The van der Waals surface area contributed by atoms with Crippen LogP contribution >= 0.6 is 11.3 Å². The number of thiazole rings is 1. The molecule has 2 unspecified atom stereocenters. The van der Waals surface area contributed by atoms with E-state index < -0.39 is 6.10 Å². The van der Waals surface area contributed by atoms with Crippen LogP contribution in [0.4, 0.5) is 5.13 Å². The summed E-state index contributed by atoms with van der Waals surface area (Å²) in [7, 11) is 0. The fourth-order valence-corrected chi connectivity index (χ4v) is 2.34. The topological polar surface area (TPSA) is 71.2 Å². The van der Waals surface area contributed by atoms with Crippen molar-refractivity contribution in [3.8, 4) is 0 Å². The van der Waals surface area contributed by atoms with Gasteiger partial charge in [0.15, 0.2) is 5.13 Å². The van der Waals surface area contributed by atoms with Crippen molar-refractivity contribution in [2.24, 2.45) is 0 Å². The molecule has 0 radical (unpaired) electrons. The number of rotatable bonds is 5. The van der Waals surface area contributed by atoms with Crippen LogP contribution in [0.5, 0.6) is 0 Å². The van der Waals surface area contributed by atoms with E-state index in [2.05, 4.69) is 10.3 Å². The Bertz CT molecular complexity index is 486. The number of nitrogens with zero attached hydrogens (tertiary/aromatic N) is 1. The second-order valence-electron chi connectivity index (χ2n) is 4.17. The number of hydrogen-bond donors (Lipinski definition) is 3. The molecule has 2 atom stereocenters. The maximum Gasteiger partial charge on any atom is 0.180 e. The summed E-state index contributed by atoms with van der Waals surface area (Å²) in [4.78, 5) is 4.21. The van der Waals surface area contributed by atoms with Gasteiger partial charge in [-0.1, -0.05) is 30.3 Å². The highest BCUT2D eigenvalue weighted by molar-refractivity contribution is 7.13. The van der Waals surface area contributed by atoms with Gasteiger partial charge in [-0.15, -0.1) is 11.3 Å². The molecule has 0 saturated heterocycles. The lowest BCUT2D eigenvalue weighted by Crippen LogP contribution is -2.24. The average molecular weight is 263 g/mol. The van der Waals surface area contributed by atoms with Crippen molar-refractivity contribution in [1.29, 1.82) is 0 Å². The maximum atomic E-state index is 10.0. The lowest BCUT2D eigenvalue weighted by molar-refractivity contribution is 0.170. The molecule has 0 saturated carbocycles. The predicted molar refractivity (Wildman–Crippen MR) is 74.3 cm³/mol. The molecule has 2 rings (SSSR count). The number of anilines is 1. The molecule has 5 heteroatoms. The summed E-state index contributed by atoms with van der Waals surface area (Å²) >= 11 is 1.43. The number of nitrogen functional groups attached to an aromatic ring is 1. The Morgan fingerprint density at radius 1 is 1.39 bits per heavy atom. The van der Waals surface area contributed by atoms with Crippen molar-refractivity contribution < 1.29 is 5.11 Å². The lowest BCUT2D eigenvalue weighted by atomic mass is 10.1. The van der Waals surface area contributed by atoms with Crippen LogP contribution in [-0.2, 0) is 0 Å². The van der Waals surface area contributed by atoms with Gasteiger partial charge in [-0.05, 0) is 12.5 Å². The van der Waals surface area contributed by atoms with Gasteiger partial charge in [-0.3, -0.25) is 0 Å². The lowest BCUT2D eigenvalue weighted by Gasteiger charge is -2.16. The van der Waals surface area contributed by atoms with E-state index in [1.165, 1.54) is 11.3 Å². The largest absolute Gasteiger partial charge is 0.387 e. The number of nitrogens with two attached hydrogens (primary N) is 1. The summed E-state index contributed by atoms with van der Waals surface area (Å²) in [5.41, 5.74) is 7.42. The minimum atomic E-state index is -0.510. The van der Waals surface area contributed by atoms with E-state index in [0.717, 1.165) is 11.3 Å². The Hall–Kier alpha value is -1.43. The zero-order valence-electron chi connectivity index (χ0n) is 10.2. The quantitative estimate of drug-likeness (QED) is 0.772. The van der Waals surface area contributed by atoms with E-state index in [1.54, 1.807) is 0 Å². The summed E-state index contributed by atoms with van der Waals surface area (Å²) in [6.45, 7) is 2.49. The third-order valence-corrected chi connectivity index (χ3v) is 3.48. The molecule has 0 amide bonds. The highest BCUT2D eigenvalue weighted by Crippen LogP contribution is 2.18. The number of aliphatic hydroxyl groups is 1. The van der Waals surface area contributed by atoms with E-state index in [-0.39, 0.29) is 6.04 Å². The Morgan fingerprint density at radius 2 is 2.11 bits per heavy atom. The average Bonchev–Trinajstić information content (AvgIpc) is 2.83. The molecule has 4 N–H and O–H groups in total. The number of aromatic nitrogens is 1. The van der Waals surface area contributed by atoms with Crippen LogP contribution in [0.3, 0.4) is 0 Å². The fourth-order valence-electron chi connectivity index (χ4n) is 1.69. The Morgan fingerprint density at radius 3 is 2.72 bits per heavy atom. The minimum absolute atomic E-state index is 0.0805. The van der Waals surface area contributed by atoms with Gasteiger partial charge in [0, 0.05) is 18.0 Å². The Labute approximate surface area is 110 Å². The molecule has 96 valence electrons. The van der Waals surface area contributed by atoms with Gasteiger partial charge >= 0.3 is 0 Å². The van der Waals surface area contributed by atoms with E-state index in [9.17, 15) is 5.11 Å². The standard InChI is InChI=1S/C13H17N3OS/c1-9(11-8-18-13(14)16-11)15-7-12(17)10-5-3-2-4-6-10/h2-6,8-9,12,15,17H,7H2,1H3,(H2,14,16). The first kappa shape index (κ1) is 13.0. The van der Waals surface area contributed by atoms with Gasteiger partial charge in [-0.25, -0.2) is 4.98 Å². The first-order chi connectivity index (χ1) is 8.66. The zero-order valence-corrected chi connectivity index (χ0v) is 11.0. The molecule has 0 aliphatic rings. The van der Waals surface area contributed by atoms with Gasteiger partial charge in [-0.2, -0.15) is 0 Å². The Kier molecular flexibility index (Phi) is 4.30. The third kappa shape index (κ3) is 3.29. The number of hydrogen-bond acceptors (Lipinski definition) is 5. The van der Waals surface area contributed by atoms with Crippen molar-refractivity contribution in [3.05, 3.63) is 47.0 Å². The summed E-state index contributed by atoms with van der Waals surface area (Å²) in [5, 5.41) is 15.8. The van der Waals surface area contributed by atoms with Crippen LogP contribution in [0.1, 0.15) is 30.3 Å². The monoisotopic (exact) mass is 263 g/mol. The van der Waals surface area contributed by atoms with E-state index in [1.807, 2.05) is 42.6 Å². The van der Waals surface area contributed by atoms with Crippen LogP contribution < -0.4 is 11.1 Å². The normalized spacial score (nSPS) is 14.3. The van der Waals surface area contributed by atoms with Crippen LogP contribution in [-0.4, -0.2) is 16.6 Å². The first-order valence-electron chi connectivity index (χ1n) is 5.84. The fraction of sp³-hybridized carbons (Fsp3) is 0.308. The van der Waals surface area contributed by atoms with Gasteiger partial charge in [0.2, 0.25) is 0 Å². The van der Waals surface area contributed by atoms with E-state index in [4.69, 9.17) is 5.73 Å². The summed E-state index contributed by atoms with van der Waals surface area (Å²) < 4.78 is 0. The molecular weight excluding hydrogens is 246 g/mol. The molecule has 1 aromatic heterocycles. The maximum absolute atomic E-state index is 10.0. The SMILES string of the molecule is CC(NCC(O)c1ccccc1)c1csc(N)n1. The van der Waals surface area contributed by atoms with Gasteiger partial charge < -0.3 is 16.2 Å². The zero-order chi connectivity index (χ0) is 13.0. The molecule has 4 nitrogen and oxygen atoms in total. The molecule has 2 aromatic rings. The van der Waals surface area contributed by atoms with Crippen LogP contribution in [0.2, 0.25) is 0 Å². The summed E-state index contributed by atoms with van der Waals surface area (Å²) in [6.07, 6.45) is -0.510. The predicted octanol–water partition coefficient (Wildman–Crippen LogP) is 2.11. The van der Waals surface area contributed by atoms with Crippen LogP contribution in [0.15, 0.2) is 35.7 Å². The van der Waals surface area contributed by atoms with Crippen LogP contribution in [0.25, 0.3) is 0 Å². The van der Waals surface area contributed by atoms with Gasteiger partial charge in [0.05, 0.1) is 11.8 Å². The molecular formula is C13H17N3OS. The van der Waals surface area contributed by atoms with Crippen molar-refractivity contribution in [3.63, 3.8) is 0 Å². The van der Waals surface area contributed by atoms with Gasteiger partial charge in [0.25, 0.3) is 0 Å². The van der Waals surface area contributed by atoms with Crippen molar-refractivity contribution in [2.75, 3.05) is 12.3 Å². The summed E-state index contributed by atoms with van der Waals surface area (Å²) in [5.74, 6) is 0. The molecule has 0 aliphatic heterocycles. The second kappa shape index (κ2) is 5.95. The number of aliphatic hydroxyl groups excluding tert-OH is 1. The molecule has 0 fully saturated rings. The molecule has 0 spiro atoms. The minimum Gasteiger partial charge on any atom is -0.387 e. The van der Waals surface area contributed by atoms with Crippen LogP contribution in [0, 0.1) is 0 Å². The van der Waals surface area contributed by atoms with E-state index >= 15 is 0 Å².